The molecule has 94 valence electrons. The summed E-state index contributed by atoms with van der Waals surface area (Å²) in [5, 5.41) is 0. The Labute approximate surface area is 95.4 Å². The lowest BCUT2D eigenvalue weighted by Crippen LogP contribution is -2.11. The van der Waals surface area contributed by atoms with E-state index >= 15 is 0 Å². The fourth-order valence-electron chi connectivity index (χ4n) is 1.19. The fraction of sp³-hybridized carbons (Fsp3) is 0.400. The number of hydrogen-bond donors (Lipinski definition) is 0. The zero-order chi connectivity index (χ0) is 13.1. The van der Waals surface area contributed by atoms with Gasteiger partial charge in [-0.15, -0.1) is 0 Å². The standard InChI is InChI=1S/C10H10F3NO3/c1-16-8(15)4-6-3-7(10(11,12)13)5-14-9(6)17-2/h3,5H,4H2,1-2H3. The number of rotatable bonds is 3. The quantitative estimate of drug-likeness (QED) is 0.767. The Bertz CT molecular complexity index is 418. The third kappa shape index (κ3) is 3.33. The maximum absolute atomic E-state index is 12.4. The first-order valence-electron chi connectivity index (χ1n) is 4.55. The molecular weight excluding hydrogens is 239 g/mol. The largest absolute Gasteiger partial charge is 0.481 e. The first-order valence-corrected chi connectivity index (χ1v) is 4.55. The molecule has 0 saturated carbocycles. The van der Waals surface area contributed by atoms with Crippen LogP contribution in [0.25, 0.3) is 0 Å². The van der Waals surface area contributed by atoms with Crippen LogP contribution in [0.5, 0.6) is 5.88 Å². The second-order valence-corrected chi connectivity index (χ2v) is 3.14. The molecule has 0 aliphatic rings. The normalized spacial score (nSPS) is 11.1. The van der Waals surface area contributed by atoms with Gasteiger partial charge in [-0.3, -0.25) is 4.79 Å². The van der Waals surface area contributed by atoms with Gasteiger partial charge in [0.05, 0.1) is 26.2 Å². The Kier molecular flexibility index (Phi) is 3.93. The van der Waals surface area contributed by atoms with Crippen molar-refractivity contribution in [1.82, 2.24) is 4.98 Å². The smallest absolute Gasteiger partial charge is 0.417 e. The van der Waals surface area contributed by atoms with Crippen molar-refractivity contribution in [3.63, 3.8) is 0 Å². The molecule has 0 unspecified atom stereocenters. The van der Waals surface area contributed by atoms with Crippen LogP contribution in [-0.4, -0.2) is 25.2 Å². The van der Waals surface area contributed by atoms with Gasteiger partial charge in [-0.25, -0.2) is 4.98 Å². The van der Waals surface area contributed by atoms with Crippen molar-refractivity contribution >= 4 is 5.97 Å². The van der Waals surface area contributed by atoms with Crippen LogP contribution < -0.4 is 4.74 Å². The van der Waals surface area contributed by atoms with E-state index < -0.39 is 17.7 Å². The molecule has 17 heavy (non-hydrogen) atoms. The SMILES string of the molecule is COC(=O)Cc1cc(C(F)(F)F)cnc1OC. The minimum atomic E-state index is -4.51. The molecule has 1 rings (SSSR count). The summed E-state index contributed by atoms with van der Waals surface area (Å²) < 4.78 is 46.4. The number of nitrogens with zero attached hydrogens (tertiary/aromatic N) is 1. The molecule has 0 N–H and O–H groups in total. The molecule has 7 heteroatoms. The molecular formula is C10H10F3NO3. The van der Waals surface area contributed by atoms with Gasteiger partial charge in [-0.2, -0.15) is 13.2 Å². The highest BCUT2D eigenvalue weighted by molar-refractivity contribution is 5.73. The van der Waals surface area contributed by atoms with Gasteiger partial charge in [0.25, 0.3) is 0 Å². The molecule has 4 nitrogen and oxygen atoms in total. The molecule has 1 aromatic heterocycles. The fourth-order valence-corrected chi connectivity index (χ4v) is 1.19. The molecule has 0 fully saturated rings. The lowest BCUT2D eigenvalue weighted by Gasteiger charge is -2.10. The summed E-state index contributed by atoms with van der Waals surface area (Å²) in [6.45, 7) is 0. The Morgan fingerprint density at radius 1 is 1.41 bits per heavy atom. The summed E-state index contributed by atoms with van der Waals surface area (Å²) in [5.41, 5.74) is -0.897. The van der Waals surface area contributed by atoms with Crippen LogP contribution in [0.15, 0.2) is 12.3 Å². The highest BCUT2D eigenvalue weighted by Gasteiger charge is 2.32. The van der Waals surface area contributed by atoms with Crippen LogP contribution in [-0.2, 0) is 22.1 Å². The molecule has 0 spiro atoms. The summed E-state index contributed by atoms with van der Waals surface area (Å²) in [6.07, 6.45) is -4.18. The van der Waals surface area contributed by atoms with Crippen LogP contribution in [0, 0.1) is 0 Å². The molecule has 0 bridgehead atoms. The van der Waals surface area contributed by atoms with Crippen molar-refractivity contribution in [2.75, 3.05) is 14.2 Å². The Hall–Kier alpha value is -1.79. The average Bonchev–Trinajstić information content (AvgIpc) is 2.27. The van der Waals surface area contributed by atoms with Gasteiger partial charge in [0.1, 0.15) is 0 Å². The monoisotopic (exact) mass is 249 g/mol. The third-order valence-electron chi connectivity index (χ3n) is 2.01. The van der Waals surface area contributed by atoms with Crippen molar-refractivity contribution in [2.24, 2.45) is 0 Å². The number of pyridine rings is 1. The second-order valence-electron chi connectivity index (χ2n) is 3.14. The van der Waals surface area contributed by atoms with E-state index in [0.717, 1.165) is 13.2 Å². The van der Waals surface area contributed by atoms with Crippen LogP contribution in [0.3, 0.4) is 0 Å². The minimum Gasteiger partial charge on any atom is -0.481 e. The Morgan fingerprint density at radius 2 is 2.06 bits per heavy atom. The number of halogens is 3. The predicted molar refractivity (Wildman–Crippen MR) is 51.5 cm³/mol. The van der Waals surface area contributed by atoms with Crippen molar-refractivity contribution < 1.29 is 27.4 Å². The number of carbonyl (C=O) groups excluding carboxylic acids is 1. The van der Waals surface area contributed by atoms with Crippen LogP contribution in [0.1, 0.15) is 11.1 Å². The Balaban J connectivity index is 3.11. The van der Waals surface area contributed by atoms with Gasteiger partial charge < -0.3 is 9.47 Å². The van der Waals surface area contributed by atoms with Crippen molar-refractivity contribution in [3.8, 4) is 5.88 Å². The van der Waals surface area contributed by atoms with E-state index in [1.165, 1.54) is 7.11 Å². The molecule has 1 aromatic rings. The average molecular weight is 249 g/mol. The van der Waals surface area contributed by atoms with Gasteiger partial charge in [0.2, 0.25) is 5.88 Å². The number of esters is 1. The van der Waals surface area contributed by atoms with Gasteiger partial charge in [-0.05, 0) is 6.07 Å². The maximum atomic E-state index is 12.4. The number of alkyl halides is 3. The predicted octanol–water partition coefficient (Wildman–Crippen LogP) is 1.82. The highest BCUT2D eigenvalue weighted by Crippen LogP contribution is 2.31. The van der Waals surface area contributed by atoms with Crippen LogP contribution in [0.4, 0.5) is 13.2 Å². The molecule has 0 saturated heterocycles. The van der Waals surface area contributed by atoms with E-state index in [9.17, 15) is 18.0 Å². The van der Waals surface area contributed by atoms with E-state index in [1.54, 1.807) is 0 Å². The molecule has 0 amide bonds. The van der Waals surface area contributed by atoms with Gasteiger partial charge >= 0.3 is 12.1 Å². The third-order valence-corrected chi connectivity index (χ3v) is 2.01. The van der Waals surface area contributed by atoms with E-state index in [1.807, 2.05) is 0 Å². The lowest BCUT2D eigenvalue weighted by molar-refractivity contribution is -0.140. The van der Waals surface area contributed by atoms with Crippen molar-refractivity contribution in [3.05, 3.63) is 23.4 Å². The topological polar surface area (TPSA) is 48.4 Å². The Morgan fingerprint density at radius 3 is 2.53 bits per heavy atom. The molecule has 0 aromatic carbocycles. The van der Waals surface area contributed by atoms with Crippen LogP contribution in [0.2, 0.25) is 0 Å². The first kappa shape index (κ1) is 13.3. The van der Waals surface area contributed by atoms with E-state index in [-0.39, 0.29) is 17.9 Å². The minimum absolute atomic E-state index is 0.0246. The van der Waals surface area contributed by atoms with Gasteiger partial charge in [0.15, 0.2) is 0 Å². The number of ether oxygens (including phenoxy) is 2. The molecule has 1 heterocycles. The second kappa shape index (κ2) is 5.03. The number of aromatic nitrogens is 1. The summed E-state index contributed by atoms with van der Waals surface area (Å²) in [5.74, 6) is -0.687. The van der Waals surface area contributed by atoms with Gasteiger partial charge in [0, 0.05) is 11.8 Å². The van der Waals surface area contributed by atoms with Crippen LogP contribution >= 0.6 is 0 Å². The molecule has 0 atom stereocenters. The zero-order valence-corrected chi connectivity index (χ0v) is 9.17. The summed E-state index contributed by atoms with van der Waals surface area (Å²) in [6, 6.07) is 0.822. The maximum Gasteiger partial charge on any atom is 0.417 e. The number of carbonyl (C=O) groups is 1. The molecule has 0 aliphatic carbocycles. The van der Waals surface area contributed by atoms with E-state index in [2.05, 4.69) is 9.72 Å². The first-order chi connectivity index (χ1) is 7.88. The van der Waals surface area contributed by atoms with E-state index in [4.69, 9.17) is 4.74 Å². The van der Waals surface area contributed by atoms with Crippen molar-refractivity contribution in [2.45, 2.75) is 12.6 Å². The number of hydrogen-bond acceptors (Lipinski definition) is 4. The summed E-state index contributed by atoms with van der Waals surface area (Å²) in [4.78, 5) is 14.5. The summed E-state index contributed by atoms with van der Waals surface area (Å²) in [7, 11) is 2.41. The summed E-state index contributed by atoms with van der Waals surface area (Å²) >= 11 is 0. The van der Waals surface area contributed by atoms with E-state index in [0.29, 0.717) is 6.20 Å². The molecule has 0 radical (unpaired) electrons. The zero-order valence-electron chi connectivity index (χ0n) is 9.17. The highest BCUT2D eigenvalue weighted by atomic mass is 19.4. The lowest BCUT2D eigenvalue weighted by atomic mass is 10.1. The number of methoxy groups -OCH3 is 2. The molecule has 0 aliphatic heterocycles. The van der Waals surface area contributed by atoms with Crippen molar-refractivity contribution in [1.29, 1.82) is 0 Å². The van der Waals surface area contributed by atoms with Gasteiger partial charge in [-0.1, -0.05) is 0 Å².